The highest BCUT2D eigenvalue weighted by Gasteiger charge is 2.23. The van der Waals surface area contributed by atoms with Crippen LogP contribution in [0, 0.1) is 0 Å². The van der Waals surface area contributed by atoms with Crippen molar-refractivity contribution in [2.45, 2.75) is 70.4 Å². The molecule has 0 aliphatic heterocycles. The summed E-state index contributed by atoms with van der Waals surface area (Å²) in [5.41, 5.74) is 3.88. The molecule has 0 radical (unpaired) electrons. The van der Waals surface area contributed by atoms with E-state index in [1.165, 1.54) is 50.4 Å². The predicted molar refractivity (Wildman–Crippen MR) is 122 cm³/mol. The van der Waals surface area contributed by atoms with Crippen molar-refractivity contribution >= 4 is 37.2 Å². The Morgan fingerprint density at radius 2 is 1.64 bits per heavy atom. The van der Waals surface area contributed by atoms with Gasteiger partial charge >= 0.3 is 0 Å². The molecule has 0 aromatic heterocycles. The third-order valence-corrected chi connectivity index (χ3v) is 5.72. The van der Waals surface area contributed by atoms with E-state index >= 15 is 0 Å². The number of nitrogens with zero attached hydrogens (tertiary/aromatic N) is 1. The van der Waals surface area contributed by atoms with Crippen molar-refractivity contribution in [1.82, 2.24) is 0 Å². The highest BCUT2D eigenvalue weighted by molar-refractivity contribution is 6.59. The van der Waals surface area contributed by atoms with Crippen LogP contribution in [0.1, 0.15) is 58.8 Å². The average molecular weight is 375 g/mol. The molecule has 3 rings (SSSR count). The number of hydrogen-bond donors (Lipinski definition) is 1. The molecule has 1 aromatic rings. The van der Waals surface area contributed by atoms with Gasteiger partial charge in [0.15, 0.2) is 20.3 Å². The average Bonchev–Trinajstić information content (AvgIpc) is 2.62. The lowest BCUT2D eigenvalue weighted by Gasteiger charge is -2.21. The van der Waals surface area contributed by atoms with Gasteiger partial charge in [0.1, 0.15) is 0 Å². The van der Waals surface area contributed by atoms with Crippen LogP contribution >= 0.6 is 0 Å². The van der Waals surface area contributed by atoms with Crippen LogP contribution in [0.15, 0.2) is 52.6 Å². The van der Waals surface area contributed by atoms with Gasteiger partial charge in [0.05, 0.1) is 11.4 Å². The Hall–Kier alpha value is -2.03. The van der Waals surface area contributed by atoms with Crippen LogP contribution in [0.25, 0.3) is 0 Å². The minimum atomic E-state index is -0.299. The zero-order valence-corrected chi connectivity index (χ0v) is 17.3. The Labute approximate surface area is 170 Å². The molecule has 0 spiro atoms. The molecule has 2 aliphatic carbocycles. The molecule has 1 N–H and O–H groups in total. The number of hydrogen-bond acceptors (Lipinski definition) is 3. The molecule has 0 heterocycles. The minimum Gasteiger partial charge on any atom is -0.504 e. The van der Waals surface area contributed by atoms with E-state index in [1.54, 1.807) is 12.2 Å². The minimum absolute atomic E-state index is 0.211. The molecule has 0 bridgehead atoms. The van der Waals surface area contributed by atoms with Gasteiger partial charge in [0, 0.05) is 6.08 Å². The molecule has 5 heteroatoms. The van der Waals surface area contributed by atoms with Gasteiger partial charge in [-0.25, -0.2) is 4.99 Å². The molecule has 0 amide bonds. The largest absolute Gasteiger partial charge is 0.504 e. The third kappa shape index (κ3) is 5.98. The van der Waals surface area contributed by atoms with E-state index in [-0.39, 0.29) is 11.5 Å². The van der Waals surface area contributed by atoms with Crippen LogP contribution in [-0.4, -0.2) is 31.2 Å². The number of carbonyl (C=O) groups is 1. The smallest absolute Gasteiger partial charge is 0.219 e. The van der Waals surface area contributed by atoms with E-state index < -0.39 is 0 Å². The second kappa shape index (κ2) is 9.95. The Morgan fingerprint density at radius 3 is 2.29 bits per heavy atom. The zero-order valence-electron chi connectivity index (χ0n) is 17.3. The van der Waals surface area contributed by atoms with Crippen LogP contribution in [0.2, 0.25) is 11.6 Å². The Balaban J connectivity index is 1.78. The van der Waals surface area contributed by atoms with Crippen LogP contribution in [-0.2, 0) is 4.79 Å². The normalized spacial score (nSPS) is 20.4. The first-order chi connectivity index (χ1) is 13.5. The zero-order chi connectivity index (χ0) is 19.9. The Morgan fingerprint density at radius 1 is 1.00 bits per heavy atom. The first-order valence-corrected chi connectivity index (χ1v) is 10.8. The number of ketones is 1. The fourth-order valence-corrected chi connectivity index (χ4v) is 4.24. The van der Waals surface area contributed by atoms with Crippen molar-refractivity contribution in [2.75, 3.05) is 0 Å². The monoisotopic (exact) mass is 375 g/mol. The van der Waals surface area contributed by atoms with E-state index in [0.29, 0.717) is 11.6 Å². The molecule has 0 unspecified atom stereocenters. The van der Waals surface area contributed by atoms with E-state index in [1.807, 2.05) is 12.1 Å². The molecular weight excluding hydrogens is 344 g/mol. The number of allylic oxidation sites excluding steroid dienone is 3. The lowest BCUT2D eigenvalue weighted by Crippen LogP contribution is -2.20. The molecule has 1 saturated carbocycles. The molecular formula is C23H31B2NO2. The van der Waals surface area contributed by atoms with E-state index in [9.17, 15) is 9.90 Å². The predicted octanol–water partition coefficient (Wildman–Crippen LogP) is 4.53. The van der Waals surface area contributed by atoms with Crippen LogP contribution < -0.4 is 5.46 Å². The van der Waals surface area contributed by atoms with Gasteiger partial charge in [0.25, 0.3) is 0 Å². The quantitative estimate of drug-likeness (QED) is 0.608. The van der Waals surface area contributed by atoms with Crippen molar-refractivity contribution in [2.24, 2.45) is 4.99 Å². The maximum Gasteiger partial charge on any atom is 0.219 e. The summed E-state index contributed by atoms with van der Waals surface area (Å²) >= 11 is 0. The number of aliphatic hydroxyl groups is 1. The number of carbonyl (C=O) groups excluding carboxylic acids is 1. The van der Waals surface area contributed by atoms with Gasteiger partial charge in [-0.2, -0.15) is 0 Å². The Bertz CT molecular complexity index is 770. The fraction of sp³-hybridized carbons (Fsp3) is 0.478. The van der Waals surface area contributed by atoms with Crippen molar-refractivity contribution in [3.05, 3.63) is 47.6 Å². The van der Waals surface area contributed by atoms with Gasteiger partial charge in [-0.3, -0.25) is 4.79 Å². The van der Waals surface area contributed by atoms with E-state index in [2.05, 4.69) is 26.0 Å². The summed E-state index contributed by atoms with van der Waals surface area (Å²) < 4.78 is 0. The number of benzene rings is 1. The lowest BCUT2D eigenvalue weighted by atomic mass is 9.53. The van der Waals surface area contributed by atoms with Crippen LogP contribution in [0.4, 0.5) is 5.69 Å². The maximum atomic E-state index is 12.1. The molecule has 3 nitrogen and oxygen atoms in total. The second-order valence-corrected chi connectivity index (χ2v) is 8.74. The third-order valence-electron chi connectivity index (χ3n) is 5.72. The number of aliphatic hydroxyl groups excluding tert-OH is 1. The molecule has 0 saturated heterocycles. The van der Waals surface area contributed by atoms with E-state index in [4.69, 9.17) is 4.99 Å². The SMILES string of the molecule is CC(C)Bc1ccc(/N=C2\C=C(O)C(=O)C=C2BC2CCCCCCC2)cc1. The van der Waals surface area contributed by atoms with Gasteiger partial charge in [-0.1, -0.05) is 93.5 Å². The highest BCUT2D eigenvalue weighted by atomic mass is 16.3. The summed E-state index contributed by atoms with van der Waals surface area (Å²) in [6.45, 7) is 4.43. The van der Waals surface area contributed by atoms with Gasteiger partial charge < -0.3 is 5.11 Å². The molecule has 1 fully saturated rings. The topological polar surface area (TPSA) is 49.7 Å². The van der Waals surface area contributed by atoms with Crippen molar-refractivity contribution in [3.63, 3.8) is 0 Å². The molecule has 2 aliphatic rings. The first-order valence-electron chi connectivity index (χ1n) is 10.8. The summed E-state index contributed by atoms with van der Waals surface area (Å²) in [7, 11) is 1.93. The number of rotatable bonds is 5. The Kier molecular flexibility index (Phi) is 7.36. The summed E-state index contributed by atoms with van der Waals surface area (Å²) in [5.74, 6) is 0.718. The number of aliphatic imine (C=N–C) groups is 1. The van der Waals surface area contributed by atoms with Gasteiger partial charge in [-0.15, -0.1) is 0 Å². The van der Waals surface area contributed by atoms with Gasteiger partial charge in [0.2, 0.25) is 5.78 Å². The summed E-state index contributed by atoms with van der Waals surface area (Å²) in [5, 5.41) is 9.96. The van der Waals surface area contributed by atoms with Crippen molar-refractivity contribution < 1.29 is 9.90 Å². The summed E-state index contributed by atoms with van der Waals surface area (Å²) in [4.78, 5) is 16.8. The fourth-order valence-electron chi connectivity index (χ4n) is 4.24. The summed E-state index contributed by atoms with van der Waals surface area (Å²) in [6, 6.07) is 8.29. The first kappa shape index (κ1) is 20.7. The lowest BCUT2D eigenvalue weighted by molar-refractivity contribution is -0.113. The summed E-state index contributed by atoms with van der Waals surface area (Å²) in [6.07, 6.45) is 12.1. The molecule has 1 aromatic carbocycles. The highest BCUT2D eigenvalue weighted by Crippen LogP contribution is 2.29. The second-order valence-electron chi connectivity index (χ2n) is 8.74. The standard InChI is InChI=1S/C23H31B2NO2/c1-16(2)24-18-10-12-19(13-11-18)26-21-15-23(28)22(27)14-20(21)25-17-8-6-4-3-5-7-9-17/h10-17,24-25,28H,3-9H2,1-2H3/b26-21+. The maximum absolute atomic E-state index is 12.1. The van der Waals surface area contributed by atoms with Crippen LogP contribution in [0.3, 0.4) is 0 Å². The van der Waals surface area contributed by atoms with Crippen molar-refractivity contribution in [1.29, 1.82) is 0 Å². The molecule has 146 valence electrons. The van der Waals surface area contributed by atoms with E-state index in [0.717, 1.165) is 31.4 Å². The molecule has 28 heavy (non-hydrogen) atoms. The van der Waals surface area contributed by atoms with Crippen LogP contribution in [0.5, 0.6) is 0 Å². The van der Waals surface area contributed by atoms with Crippen molar-refractivity contribution in [3.8, 4) is 0 Å². The molecule has 0 atom stereocenters. The van der Waals surface area contributed by atoms with Gasteiger partial charge in [-0.05, 0) is 18.2 Å².